The Labute approximate surface area is 102 Å². The molecular formula is C12H11F3N2O. The van der Waals surface area contributed by atoms with E-state index < -0.39 is 23.4 Å². The van der Waals surface area contributed by atoms with Crippen LogP contribution in [0.25, 0.3) is 0 Å². The summed E-state index contributed by atoms with van der Waals surface area (Å²) in [5, 5.41) is 5.31. The first-order valence-corrected chi connectivity index (χ1v) is 5.34. The minimum Gasteiger partial charge on any atom is -0.322 e. The minimum absolute atomic E-state index is 0.108. The molecule has 0 radical (unpaired) electrons. The summed E-state index contributed by atoms with van der Waals surface area (Å²) in [6.07, 6.45) is 0. The van der Waals surface area contributed by atoms with Gasteiger partial charge in [0, 0.05) is 36.5 Å². The first kappa shape index (κ1) is 12.6. The Kier molecular flexibility index (Phi) is 3.38. The standard InChI is InChI=1S/C12H11F3N2O/c1-6(7-4-16-5-7)12(18)17-8-2-9(13)11(15)10(14)3-8/h2-3,16H,4-5H2,1H3,(H,17,18). The summed E-state index contributed by atoms with van der Waals surface area (Å²) in [4.78, 5) is 11.7. The lowest BCUT2D eigenvalue weighted by molar-refractivity contribution is -0.112. The van der Waals surface area contributed by atoms with Crippen LogP contribution in [0, 0.1) is 17.5 Å². The Bertz CT molecular complexity index is 511. The minimum atomic E-state index is -1.55. The number of halogens is 3. The van der Waals surface area contributed by atoms with Gasteiger partial charge in [-0.25, -0.2) is 13.2 Å². The van der Waals surface area contributed by atoms with E-state index >= 15 is 0 Å². The van der Waals surface area contributed by atoms with Crippen molar-refractivity contribution in [2.75, 3.05) is 18.4 Å². The molecule has 96 valence electrons. The molecule has 0 aromatic heterocycles. The molecule has 1 aromatic carbocycles. The lowest BCUT2D eigenvalue weighted by Crippen LogP contribution is -2.36. The average molecular weight is 256 g/mol. The molecule has 0 saturated carbocycles. The third kappa shape index (κ3) is 2.38. The van der Waals surface area contributed by atoms with Crippen LogP contribution in [0.4, 0.5) is 18.9 Å². The van der Waals surface area contributed by atoms with Gasteiger partial charge in [0.2, 0.25) is 0 Å². The number of nitrogens with one attached hydrogen (secondary N) is 2. The van der Waals surface area contributed by atoms with E-state index in [1.165, 1.54) is 0 Å². The molecule has 1 aliphatic heterocycles. The van der Waals surface area contributed by atoms with Crippen molar-refractivity contribution in [2.24, 2.45) is 0 Å². The Morgan fingerprint density at radius 2 is 1.78 bits per heavy atom. The second-order valence-electron chi connectivity index (χ2n) is 4.04. The Morgan fingerprint density at radius 3 is 2.22 bits per heavy atom. The van der Waals surface area contributed by atoms with E-state index in [1.807, 2.05) is 0 Å². The Morgan fingerprint density at radius 1 is 1.22 bits per heavy atom. The molecule has 18 heavy (non-hydrogen) atoms. The van der Waals surface area contributed by atoms with Crippen LogP contribution < -0.4 is 10.6 Å². The summed E-state index contributed by atoms with van der Waals surface area (Å²) in [5.74, 6) is -4.66. The van der Waals surface area contributed by atoms with Gasteiger partial charge < -0.3 is 10.6 Å². The quantitative estimate of drug-likeness (QED) is 0.627. The number of amides is 1. The lowest BCUT2D eigenvalue weighted by Gasteiger charge is -2.21. The van der Waals surface area contributed by atoms with Crippen LogP contribution in [0.15, 0.2) is 23.3 Å². The average Bonchev–Trinajstić information content (AvgIpc) is 2.23. The molecule has 1 heterocycles. The summed E-state index contributed by atoms with van der Waals surface area (Å²) in [7, 11) is 0. The number of hydrogen-bond acceptors (Lipinski definition) is 2. The number of hydrogen-bond donors (Lipinski definition) is 2. The molecule has 2 N–H and O–H groups in total. The van der Waals surface area contributed by atoms with Crippen molar-refractivity contribution in [2.45, 2.75) is 6.92 Å². The topological polar surface area (TPSA) is 41.1 Å². The van der Waals surface area contributed by atoms with Crippen LogP contribution in [0.3, 0.4) is 0 Å². The second kappa shape index (κ2) is 4.81. The molecule has 6 heteroatoms. The fourth-order valence-corrected chi connectivity index (χ4v) is 1.53. The first-order chi connectivity index (χ1) is 8.49. The van der Waals surface area contributed by atoms with Crippen LogP contribution >= 0.6 is 0 Å². The highest BCUT2D eigenvalue weighted by Crippen LogP contribution is 2.18. The van der Waals surface area contributed by atoms with E-state index in [-0.39, 0.29) is 5.69 Å². The molecule has 2 rings (SSSR count). The van der Waals surface area contributed by atoms with Crippen molar-refractivity contribution < 1.29 is 18.0 Å². The SMILES string of the molecule is CC(C(=O)Nc1cc(F)c(F)c(F)c1)=C1CNC1. The molecule has 1 aliphatic rings. The first-order valence-electron chi connectivity index (χ1n) is 5.34. The number of carbonyl (C=O) groups is 1. The highest BCUT2D eigenvalue weighted by Gasteiger charge is 2.17. The van der Waals surface area contributed by atoms with Gasteiger partial charge in [0.25, 0.3) is 5.91 Å². The maximum atomic E-state index is 12.9. The van der Waals surface area contributed by atoms with Gasteiger partial charge in [-0.2, -0.15) is 0 Å². The third-order valence-corrected chi connectivity index (χ3v) is 2.79. The monoisotopic (exact) mass is 256 g/mol. The molecule has 1 fully saturated rings. The van der Waals surface area contributed by atoms with Crippen LogP contribution in [0.2, 0.25) is 0 Å². The van der Waals surface area contributed by atoms with Gasteiger partial charge in [-0.15, -0.1) is 0 Å². The molecule has 1 amide bonds. The van der Waals surface area contributed by atoms with Gasteiger partial charge in [0.15, 0.2) is 17.5 Å². The molecule has 3 nitrogen and oxygen atoms in total. The second-order valence-corrected chi connectivity index (χ2v) is 4.04. The number of anilines is 1. The summed E-state index contributed by atoms with van der Waals surface area (Å²) < 4.78 is 38.6. The molecular weight excluding hydrogens is 245 g/mol. The molecule has 0 atom stereocenters. The lowest BCUT2D eigenvalue weighted by atomic mass is 10.0. The van der Waals surface area contributed by atoms with Crippen LogP contribution in [-0.2, 0) is 4.79 Å². The Balaban J connectivity index is 2.17. The zero-order chi connectivity index (χ0) is 13.3. The number of carbonyl (C=O) groups excluding carboxylic acids is 1. The highest BCUT2D eigenvalue weighted by molar-refractivity contribution is 6.04. The summed E-state index contributed by atoms with van der Waals surface area (Å²) in [6, 6.07) is 1.49. The molecule has 1 aromatic rings. The molecule has 0 unspecified atom stereocenters. The summed E-state index contributed by atoms with van der Waals surface area (Å²) in [5.41, 5.74) is 1.33. The van der Waals surface area contributed by atoms with Gasteiger partial charge in [0.05, 0.1) is 0 Å². The summed E-state index contributed by atoms with van der Waals surface area (Å²) >= 11 is 0. The molecule has 0 spiro atoms. The number of benzene rings is 1. The normalized spacial score (nSPS) is 14.1. The summed E-state index contributed by atoms with van der Waals surface area (Å²) in [6.45, 7) is 2.89. The van der Waals surface area contributed by atoms with Crippen molar-refractivity contribution in [3.05, 3.63) is 40.7 Å². The van der Waals surface area contributed by atoms with Crippen LogP contribution in [0.1, 0.15) is 6.92 Å². The van der Waals surface area contributed by atoms with Crippen LogP contribution in [-0.4, -0.2) is 19.0 Å². The van der Waals surface area contributed by atoms with Gasteiger partial charge in [-0.1, -0.05) is 0 Å². The predicted molar refractivity (Wildman–Crippen MR) is 60.5 cm³/mol. The van der Waals surface area contributed by atoms with E-state index in [0.29, 0.717) is 18.7 Å². The zero-order valence-electron chi connectivity index (χ0n) is 9.61. The molecule has 0 aliphatic carbocycles. The zero-order valence-corrected chi connectivity index (χ0v) is 9.61. The van der Waals surface area contributed by atoms with Gasteiger partial charge in [-0.3, -0.25) is 4.79 Å². The van der Waals surface area contributed by atoms with Crippen molar-refractivity contribution in [3.63, 3.8) is 0 Å². The van der Waals surface area contributed by atoms with E-state index in [0.717, 1.165) is 17.7 Å². The van der Waals surface area contributed by atoms with Crippen molar-refractivity contribution in [3.8, 4) is 0 Å². The highest BCUT2D eigenvalue weighted by atomic mass is 19.2. The van der Waals surface area contributed by atoms with Gasteiger partial charge >= 0.3 is 0 Å². The maximum Gasteiger partial charge on any atom is 0.251 e. The Hall–Kier alpha value is -1.82. The van der Waals surface area contributed by atoms with E-state index in [1.54, 1.807) is 6.92 Å². The largest absolute Gasteiger partial charge is 0.322 e. The molecule has 1 saturated heterocycles. The fourth-order valence-electron chi connectivity index (χ4n) is 1.53. The number of rotatable bonds is 2. The van der Waals surface area contributed by atoms with Crippen molar-refractivity contribution >= 4 is 11.6 Å². The fraction of sp³-hybridized carbons (Fsp3) is 0.250. The van der Waals surface area contributed by atoms with E-state index in [2.05, 4.69) is 10.6 Å². The van der Waals surface area contributed by atoms with Crippen LogP contribution in [0.5, 0.6) is 0 Å². The van der Waals surface area contributed by atoms with Crippen molar-refractivity contribution in [1.82, 2.24) is 5.32 Å². The maximum absolute atomic E-state index is 12.9. The third-order valence-electron chi connectivity index (χ3n) is 2.79. The van der Waals surface area contributed by atoms with E-state index in [4.69, 9.17) is 0 Å². The predicted octanol–water partition coefficient (Wildman–Crippen LogP) is 1.96. The van der Waals surface area contributed by atoms with Crippen molar-refractivity contribution in [1.29, 1.82) is 0 Å². The van der Waals surface area contributed by atoms with E-state index in [9.17, 15) is 18.0 Å². The molecule has 0 bridgehead atoms. The smallest absolute Gasteiger partial charge is 0.251 e. The van der Waals surface area contributed by atoms with Gasteiger partial charge in [0.1, 0.15) is 0 Å². The van der Waals surface area contributed by atoms with Gasteiger partial charge in [-0.05, 0) is 12.5 Å².